The number of rotatable bonds is 3. The van der Waals surface area contributed by atoms with Crippen LogP contribution in [-0.2, 0) is 4.79 Å². The number of carbonyl (C=O) groups is 1. The van der Waals surface area contributed by atoms with E-state index in [2.05, 4.69) is 20.4 Å². The molecule has 1 aliphatic heterocycles. The lowest BCUT2D eigenvalue weighted by atomic mass is 10.1. The number of allylic oxidation sites excluding steroid dienone is 1. The van der Waals surface area contributed by atoms with Crippen LogP contribution in [0.3, 0.4) is 0 Å². The fourth-order valence-electron chi connectivity index (χ4n) is 1.98. The van der Waals surface area contributed by atoms with Crippen LogP contribution in [0.2, 0.25) is 0 Å². The van der Waals surface area contributed by atoms with Crippen LogP contribution in [0.5, 0.6) is 0 Å². The number of hydrogen-bond donors (Lipinski definition) is 2. The predicted molar refractivity (Wildman–Crippen MR) is 73.5 cm³/mol. The SMILES string of the molecule is CSc1nc2n(n1)C(c1ccncc1)C=C(C(=O)O)N2. The average molecular weight is 289 g/mol. The third-order valence-corrected chi connectivity index (χ3v) is 3.45. The first kappa shape index (κ1) is 12.7. The number of nitrogens with one attached hydrogen (secondary N) is 1. The van der Waals surface area contributed by atoms with Crippen molar-refractivity contribution in [2.24, 2.45) is 0 Å². The molecule has 0 amide bonds. The van der Waals surface area contributed by atoms with Crippen molar-refractivity contribution in [3.8, 4) is 0 Å². The Morgan fingerprint density at radius 2 is 2.20 bits per heavy atom. The monoisotopic (exact) mass is 289 g/mol. The standard InChI is InChI=1S/C12H11N5O2S/c1-20-12-15-11-14-8(10(18)19)6-9(17(11)16-12)7-2-4-13-5-3-7/h2-6,9H,1H3,(H,18,19)(H,14,15,16). The summed E-state index contributed by atoms with van der Waals surface area (Å²) in [5.41, 5.74) is 0.999. The molecule has 2 N–H and O–H groups in total. The summed E-state index contributed by atoms with van der Waals surface area (Å²) in [5.74, 6) is -0.597. The maximum absolute atomic E-state index is 11.2. The van der Waals surface area contributed by atoms with Crippen LogP contribution in [0.4, 0.5) is 5.95 Å². The highest BCUT2D eigenvalue weighted by Crippen LogP contribution is 2.29. The molecule has 0 fully saturated rings. The van der Waals surface area contributed by atoms with Crippen molar-refractivity contribution in [1.29, 1.82) is 0 Å². The van der Waals surface area contributed by atoms with E-state index in [-0.39, 0.29) is 11.7 Å². The van der Waals surface area contributed by atoms with Gasteiger partial charge < -0.3 is 10.4 Å². The molecule has 1 aliphatic rings. The molecule has 102 valence electrons. The summed E-state index contributed by atoms with van der Waals surface area (Å²) in [7, 11) is 0. The maximum atomic E-state index is 11.2. The highest BCUT2D eigenvalue weighted by molar-refractivity contribution is 7.98. The number of carboxylic acids is 1. The first-order chi connectivity index (χ1) is 9.69. The van der Waals surface area contributed by atoms with Gasteiger partial charge in [0.15, 0.2) is 0 Å². The van der Waals surface area contributed by atoms with Gasteiger partial charge in [0.05, 0.1) is 0 Å². The van der Waals surface area contributed by atoms with E-state index >= 15 is 0 Å². The van der Waals surface area contributed by atoms with Crippen LogP contribution in [0, 0.1) is 0 Å². The molecule has 8 heteroatoms. The molecule has 0 saturated heterocycles. The van der Waals surface area contributed by atoms with E-state index in [0.29, 0.717) is 11.1 Å². The van der Waals surface area contributed by atoms with Gasteiger partial charge in [0, 0.05) is 12.4 Å². The summed E-state index contributed by atoms with van der Waals surface area (Å²) in [4.78, 5) is 19.4. The van der Waals surface area contributed by atoms with Gasteiger partial charge in [0.1, 0.15) is 11.7 Å². The number of anilines is 1. The molecule has 0 radical (unpaired) electrons. The Bertz CT molecular complexity index is 682. The van der Waals surface area contributed by atoms with Gasteiger partial charge in [-0.15, -0.1) is 5.10 Å². The van der Waals surface area contributed by atoms with Crippen LogP contribution in [0.25, 0.3) is 0 Å². The van der Waals surface area contributed by atoms with Gasteiger partial charge >= 0.3 is 5.97 Å². The molecule has 0 bridgehead atoms. The van der Waals surface area contributed by atoms with Gasteiger partial charge in [-0.05, 0) is 30.0 Å². The molecule has 2 aromatic rings. The number of pyridine rings is 1. The normalized spacial score (nSPS) is 17.1. The highest BCUT2D eigenvalue weighted by Gasteiger charge is 2.26. The fourth-order valence-corrected chi connectivity index (χ4v) is 2.33. The van der Waals surface area contributed by atoms with Gasteiger partial charge in [-0.2, -0.15) is 4.98 Å². The second-order valence-corrected chi connectivity index (χ2v) is 4.88. The number of carboxylic acid groups (broad SMARTS) is 1. The summed E-state index contributed by atoms with van der Waals surface area (Å²) >= 11 is 1.40. The Kier molecular flexibility index (Phi) is 3.15. The van der Waals surface area contributed by atoms with Gasteiger partial charge in [-0.3, -0.25) is 4.98 Å². The van der Waals surface area contributed by atoms with Crippen LogP contribution in [-0.4, -0.2) is 37.1 Å². The smallest absolute Gasteiger partial charge is 0.352 e. The van der Waals surface area contributed by atoms with E-state index in [1.807, 2.05) is 18.4 Å². The van der Waals surface area contributed by atoms with Gasteiger partial charge in [-0.25, -0.2) is 9.48 Å². The Hall–Kier alpha value is -2.35. The van der Waals surface area contributed by atoms with Crippen molar-refractivity contribution < 1.29 is 9.90 Å². The van der Waals surface area contributed by atoms with E-state index < -0.39 is 5.97 Å². The molecule has 20 heavy (non-hydrogen) atoms. The first-order valence-electron chi connectivity index (χ1n) is 5.81. The molecule has 7 nitrogen and oxygen atoms in total. The van der Waals surface area contributed by atoms with E-state index in [1.165, 1.54) is 11.8 Å². The van der Waals surface area contributed by atoms with Crippen molar-refractivity contribution in [1.82, 2.24) is 19.7 Å². The zero-order valence-corrected chi connectivity index (χ0v) is 11.3. The molecular formula is C12H11N5O2S. The first-order valence-corrected chi connectivity index (χ1v) is 7.04. The van der Waals surface area contributed by atoms with Crippen molar-refractivity contribution in [2.75, 3.05) is 11.6 Å². The Morgan fingerprint density at radius 3 is 2.85 bits per heavy atom. The summed E-state index contributed by atoms with van der Waals surface area (Å²) in [6, 6.07) is 3.35. The number of fused-ring (bicyclic) bond motifs is 1. The predicted octanol–water partition coefficient (Wildman–Crippen LogP) is 1.38. The van der Waals surface area contributed by atoms with Crippen LogP contribution >= 0.6 is 11.8 Å². The average Bonchev–Trinajstić information content (AvgIpc) is 2.90. The molecule has 2 aromatic heterocycles. The molecule has 0 saturated carbocycles. The van der Waals surface area contributed by atoms with E-state index in [0.717, 1.165) is 5.56 Å². The van der Waals surface area contributed by atoms with E-state index in [1.54, 1.807) is 23.2 Å². The third kappa shape index (κ3) is 2.14. The molecule has 0 aromatic carbocycles. The largest absolute Gasteiger partial charge is 0.477 e. The Morgan fingerprint density at radius 1 is 1.45 bits per heavy atom. The number of hydrogen-bond acceptors (Lipinski definition) is 6. The van der Waals surface area contributed by atoms with Crippen molar-refractivity contribution >= 4 is 23.7 Å². The lowest BCUT2D eigenvalue weighted by molar-refractivity contribution is -0.132. The molecule has 1 unspecified atom stereocenters. The highest BCUT2D eigenvalue weighted by atomic mass is 32.2. The minimum Gasteiger partial charge on any atom is -0.477 e. The third-order valence-electron chi connectivity index (χ3n) is 2.91. The zero-order chi connectivity index (χ0) is 14.1. The molecule has 0 spiro atoms. The topological polar surface area (TPSA) is 92.9 Å². The van der Waals surface area contributed by atoms with Crippen LogP contribution in [0.15, 0.2) is 41.5 Å². The summed E-state index contributed by atoms with van der Waals surface area (Å²) < 4.78 is 1.67. The Labute approximate surface area is 118 Å². The van der Waals surface area contributed by atoms with Gasteiger partial charge in [-0.1, -0.05) is 11.8 Å². The number of aliphatic carboxylic acids is 1. The zero-order valence-electron chi connectivity index (χ0n) is 10.5. The molecule has 0 aliphatic carbocycles. The van der Waals surface area contributed by atoms with E-state index in [9.17, 15) is 9.90 Å². The van der Waals surface area contributed by atoms with Crippen molar-refractivity contribution in [3.63, 3.8) is 0 Å². The van der Waals surface area contributed by atoms with Crippen molar-refractivity contribution in [3.05, 3.63) is 41.9 Å². The van der Waals surface area contributed by atoms with E-state index in [4.69, 9.17) is 0 Å². The summed E-state index contributed by atoms with van der Waals surface area (Å²) in [6.07, 6.45) is 6.81. The lowest BCUT2D eigenvalue weighted by Gasteiger charge is -2.22. The second kappa shape index (κ2) is 4.97. The van der Waals surface area contributed by atoms with Gasteiger partial charge in [0.25, 0.3) is 0 Å². The summed E-state index contributed by atoms with van der Waals surface area (Å²) in [5, 5.41) is 16.9. The minimum atomic E-state index is -1.02. The quantitative estimate of drug-likeness (QED) is 0.824. The number of aromatic nitrogens is 4. The molecule has 3 heterocycles. The van der Waals surface area contributed by atoms with Crippen molar-refractivity contribution in [2.45, 2.75) is 11.2 Å². The minimum absolute atomic E-state index is 0.0966. The lowest BCUT2D eigenvalue weighted by Crippen LogP contribution is -2.24. The molecular weight excluding hydrogens is 278 g/mol. The molecule has 1 atom stereocenters. The van der Waals surface area contributed by atoms with Gasteiger partial charge in [0.2, 0.25) is 11.1 Å². The van der Waals surface area contributed by atoms with Crippen LogP contribution in [0.1, 0.15) is 11.6 Å². The fraction of sp³-hybridized carbons (Fsp3) is 0.167. The van der Waals surface area contributed by atoms with Crippen LogP contribution < -0.4 is 5.32 Å². The maximum Gasteiger partial charge on any atom is 0.352 e. The molecule has 3 rings (SSSR count). The second-order valence-electron chi connectivity index (χ2n) is 4.10. The Balaban J connectivity index is 2.11. The summed E-state index contributed by atoms with van der Waals surface area (Å²) in [6.45, 7) is 0. The number of thioether (sulfide) groups is 1. The number of nitrogens with zero attached hydrogens (tertiary/aromatic N) is 4.